The Morgan fingerprint density at radius 2 is 2.00 bits per heavy atom. The van der Waals surface area contributed by atoms with Gasteiger partial charge in [0, 0.05) is 0 Å². The third-order valence-corrected chi connectivity index (χ3v) is 2.47. The van der Waals surface area contributed by atoms with Crippen LogP contribution in [0.3, 0.4) is 0 Å². The molecule has 5 heteroatoms. The first-order valence-corrected chi connectivity index (χ1v) is 4.72. The largest absolute Gasteiger partial charge is 0.478 e. The van der Waals surface area contributed by atoms with Crippen LogP contribution >= 0.6 is 0 Å². The van der Waals surface area contributed by atoms with Crippen molar-refractivity contribution in [2.45, 2.75) is 0 Å². The number of aromatic carboxylic acids is 1. The van der Waals surface area contributed by atoms with Crippen molar-refractivity contribution in [1.82, 2.24) is 14.6 Å². The molecule has 78 valence electrons. The number of hydrogen-bond acceptors (Lipinski definition) is 3. The Kier molecular flexibility index (Phi) is 1.67. The van der Waals surface area contributed by atoms with Crippen LogP contribution in [0.15, 0.2) is 36.7 Å². The molecule has 0 saturated heterocycles. The van der Waals surface area contributed by atoms with Gasteiger partial charge in [0.1, 0.15) is 5.56 Å². The van der Waals surface area contributed by atoms with Gasteiger partial charge >= 0.3 is 5.97 Å². The predicted octanol–water partition coefficient (Wildman–Crippen LogP) is 1.58. The summed E-state index contributed by atoms with van der Waals surface area (Å²) in [7, 11) is 0. The molecule has 1 N–H and O–H groups in total. The van der Waals surface area contributed by atoms with E-state index in [0.29, 0.717) is 5.52 Å². The first kappa shape index (κ1) is 8.84. The van der Waals surface area contributed by atoms with Crippen molar-refractivity contribution < 1.29 is 9.90 Å². The summed E-state index contributed by atoms with van der Waals surface area (Å²) < 4.78 is 1.59. The molecule has 0 amide bonds. The number of carbonyl (C=O) groups is 1. The average Bonchev–Trinajstić information content (AvgIpc) is 2.73. The maximum absolute atomic E-state index is 10.9. The van der Waals surface area contributed by atoms with Crippen LogP contribution in [0.1, 0.15) is 10.4 Å². The van der Waals surface area contributed by atoms with E-state index >= 15 is 0 Å². The molecule has 3 aromatic rings. The minimum Gasteiger partial charge on any atom is -0.478 e. The fourth-order valence-electron chi connectivity index (χ4n) is 1.72. The number of hydrogen-bond donors (Lipinski definition) is 1. The Labute approximate surface area is 90.0 Å². The van der Waals surface area contributed by atoms with E-state index in [1.807, 2.05) is 24.3 Å². The van der Waals surface area contributed by atoms with Crippen molar-refractivity contribution >= 4 is 22.5 Å². The lowest BCUT2D eigenvalue weighted by molar-refractivity contribution is 0.0699. The smallest absolute Gasteiger partial charge is 0.339 e. The first-order valence-electron chi connectivity index (χ1n) is 4.72. The van der Waals surface area contributed by atoms with Crippen molar-refractivity contribution in [1.29, 1.82) is 0 Å². The Balaban J connectivity index is 2.49. The highest BCUT2D eigenvalue weighted by molar-refractivity contribution is 5.96. The summed E-state index contributed by atoms with van der Waals surface area (Å²) in [4.78, 5) is 15.1. The molecule has 2 aromatic heterocycles. The zero-order valence-corrected chi connectivity index (χ0v) is 8.16. The van der Waals surface area contributed by atoms with Gasteiger partial charge in [-0.15, -0.1) is 0 Å². The Bertz CT molecular complexity index is 703. The molecule has 0 radical (unpaired) electrons. The summed E-state index contributed by atoms with van der Waals surface area (Å²) >= 11 is 0. The second kappa shape index (κ2) is 3.03. The predicted molar refractivity (Wildman–Crippen MR) is 57.5 cm³/mol. The molecule has 0 unspecified atom stereocenters. The van der Waals surface area contributed by atoms with Gasteiger partial charge < -0.3 is 5.11 Å². The number of benzene rings is 1. The standard InChI is InChI=1S/C11H7N3O2/c15-11(16)7-5-13-14-9-4-2-1-3-8(9)12-6-10(7)14/h1-6H,(H,15,16). The van der Waals surface area contributed by atoms with Gasteiger partial charge in [-0.2, -0.15) is 5.10 Å². The number of carboxylic acids is 1. The quantitative estimate of drug-likeness (QED) is 0.666. The second-order valence-electron chi connectivity index (χ2n) is 3.41. The van der Waals surface area contributed by atoms with Crippen LogP contribution in [0, 0.1) is 0 Å². The molecule has 16 heavy (non-hydrogen) atoms. The minimum atomic E-state index is -0.993. The zero-order chi connectivity index (χ0) is 11.1. The number of nitrogens with zero attached hydrogens (tertiary/aromatic N) is 3. The van der Waals surface area contributed by atoms with E-state index in [0.717, 1.165) is 11.0 Å². The highest BCUT2D eigenvalue weighted by atomic mass is 16.4. The number of aromatic nitrogens is 3. The molecular weight excluding hydrogens is 206 g/mol. The second-order valence-corrected chi connectivity index (χ2v) is 3.41. The molecule has 0 saturated carbocycles. The molecular formula is C11H7N3O2. The van der Waals surface area contributed by atoms with Gasteiger partial charge in [-0.25, -0.2) is 9.31 Å². The molecule has 3 rings (SSSR count). The van der Waals surface area contributed by atoms with Crippen molar-refractivity contribution in [3.8, 4) is 0 Å². The summed E-state index contributed by atoms with van der Waals surface area (Å²) in [6.45, 7) is 0. The highest BCUT2D eigenvalue weighted by Crippen LogP contribution is 2.16. The van der Waals surface area contributed by atoms with Crippen molar-refractivity contribution in [2.24, 2.45) is 0 Å². The topological polar surface area (TPSA) is 67.5 Å². The van der Waals surface area contributed by atoms with E-state index in [1.165, 1.54) is 12.4 Å². The molecule has 5 nitrogen and oxygen atoms in total. The van der Waals surface area contributed by atoms with Crippen LogP contribution in [0.25, 0.3) is 16.6 Å². The van der Waals surface area contributed by atoms with Gasteiger partial charge in [0.2, 0.25) is 0 Å². The van der Waals surface area contributed by atoms with Gasteiger partial charge in [0.15, 0.2) is 0 Å². The monoisotopic (exact) mass is 213 g/mol. The summed E-state index contributed by atoms with van der Waals surface area (Å²) in [5.74, 6) is -0.993. The Morgan fingerprint density at radius 3 is 2.81 bits per heavy atom. The Hall–Kier alpha value is -2.43. The third kappa shape index (κ3) is 1.08. The average molecular weight is 213 g/mol. The van der Waals surface area contributed by atoms with Crippen molar-refractivity contribution in [2.75, 3.05) is 0 Å². The van der Waals surface area contributed by atoms with Crippen LogP contribution in [0.2, 0.25) is 0 Å². The van der Waals surface area contributed by atoms with E-state index in [4.69, 9.17) is 5.11 Å². The summed E-state index contributed by atoms with van der Waals surface area (Å²) in [6.07, 6.45) is 2.87. The SMILES string of the molecule is O=C(O)c1cnn2c1cnc1ccccc12. The first-order chi connectivity index (χ1) is 7.77. The minimum absolute atomic E-state index is 0.165. The molecule has 0 aliphatic rings. The van der Waals surface area contributed by atoms with Crippen LogP contribution in [0.5, 0.6) is 0 Å². The normalized spacial score (nSPS) is 11.0. The third-order valence-electron chi connectivity index (χ3n) is 2.47. The van der Waals surface area contributed by atoms with E-state index in [9.17, 15) is 4.79 Å². The maximum atomic E-state index is 10.9. The number of carboxylic acid groups (broad SMARTS) is 1. The van der Waals surface area contributed by atoms with Gasteiger partial charge in [0.05, 0.1) is 28.9 Å². The summed E-state index contributed by atoms with van der Waals surface area (Å²) in [5, 5.41) is 13.0. The van der Waals surface area contributed by atoms with Crippen LogP contribution in [0.4, 0.5) is 0 Å². The number of para-hydroxylation sites is 2. The fraction of sp³-hybridized carbons (Fsp3) is 0. The van der Waals surface area contributed by atoms with E-state index in [2.05, 4.69) is 10.1 Å². The molecule has 0 bridgehead atoms. The molecule has 1 aromatic carbocycles. The highest BCUT2D eigenvalue weighted by Gasteiger charge is 2.12. The van der Waals surface area contributed by atoms with Crippen LogP contribution in [-0.4, -0.2) is 25.7 Å². The molecule has 0 fully saturated rings. The van der Waals surface area contributed by atoms with Gasteiger partial charge in [-0.1, -0.05) is 12.1 Å². The lowest BCUT2D eigenvalue weighted by atomic mass is 10.2. The fourth-order valence-corrected chi connectivity index (χ4v) is 1.72. The summed E-state index contributed by atoms with van der Waals surface area (Å²) in [5.41, 5.74) is 2.26. The van der Waals surface area contributed by atoms with Crippen molar-refractivity contribution in [3.63, 3.8) is 0 Å². The molecule has 0 spiro atoms. The molecule has 2 heterocycles. The lowest BCUT2D eigenvalue weighted by Crippen LogP contribution is -1.97. The zero-order valence-electron chi connectivity index (χ0n) is 8.16. The summed E-state index contributed by atoms with van der Waals surface area (Å²) in [6, 6.07) is 7.46. The number of rotatable bonds is 1. The van der Waals surface area contributed by atoms with Crippen molar-refractivity contribution in [3.05, 3.63) is 42.2 Å². The van der Waals surface area contributed by atoms with Gasteiger partial charge in [-0.3, -0.25) is 4.98 Å². The lowest BCUT2D eigenvalue weighted by Gasteiger charge is -1.99. The maximum Gasteiger partial charge on any atom is 0.339 e. The van der Waals surface area contributed by atoms with E-state index in [1.54, 1.807) is 4.52 Å². The van der Waals surface area contributed by atoms with E-state index in [-0.39, 0.29) is 5.56 Å². The van der Waals surface area contributed by atoms with Gasteiger partial charge in [0.25, 0.3) is 0 Å². The van der Waals surface area contributed by atoms with Crippen LogP contribution in [-0.2, 0) is 0 Å². The van der Waals surface area contributed by atoms with Gasteiger partial charge in [-0.05, 0) is 12.1 Å². The number of fused-ring (bicyclic) bond motifs is 3. The molecule has 0 aliphatic carbocycles. The molecule has 0 atom stereocenters. The Morgan fingerprint density at radius 1 is 1.19 bits per heavy atom. The van der Waals surface area contributed by atoms with E-state index < -0.39 is 5.97 Å². The molecule has 0 aliphatic heterocycles. The van der Waals surface area contributed by atoms with Crippen LogP contribution < -0.4 is 0 Å².